The summed E-state index contributed by atoms with van der Waals surface area (Å²) >= 11 is 0. The molecule has 0 amide bonds. The third-order valence-electron chi connectivity index (χ3n) is 5.29. The van der Waals surface area contributed by atoms with Crippen molar-refractivity contribution in [2.45, 2.75) is 64.5 Å². The molecular formula is C16H30N2O2. The summed E-state index contributed by atoms with van der Waals surface area (Å²) in [5.41, 5.74) is -0.107. The van der Waals surface area contributed by atoms with E-state index in [0.29, 0.717) is 11.5 Å². The Morgan fingerprint density at radius 1 is 1.40 bits per heavy atom. The van der Waals surface area contributed by atoms with E-state index in [1.165, 1.54) is 39.2 Å². The molecule has 1 heterocycles. The van der Waals surface area contributed by atoms with Crippen LogP contribution >= 0.6 is 0 Å². The van der Waals surface area contributed by atoms with Crippen LogP contribution in [0.1, 0.15) is 52.9 Å². The fraction of sp³-hybridized carbons (Fsp3) is 0.938. The summed E-state index contributed by atoms with van der Waals surface area (Å²) in [6, 6.07) is 0.504. The van der Waals surface area contributed by atoms with E-state index in [0.717, 1.165) is 19.6 Å². The minimum absolute atomic E-state index is 0.130. The van der Waals surface area contributed by atoms with Crippen molar-refractivity contribution < 1.29 is 9.53 Å². The van der Waals surface area contributed by atoms with Gasteiger partial charge in [-0.15, -0.1) is 0 Å². The number of ether oxygens (including phenoxy) is 1. The van der Waals surface area contributed by atoms with Crippen LogP contribution in [0.3, 0.4) is 0 Å². The summed E-state index contributed by atoms with van der Waals surface area (Å²) in [7, 11) is 1.49. The van der Waals surface area contributed by atoms with Gasteiger partial charge in [-0.3, -0.25) is 10.1 Å². The van der Waals surface area contributed by atoms with Gasteiger partial charge in [0.05, 0.1) is 7.11 Å². The van der Waals surface area contributed by atoms with E-state index in [1.54, 1.807) is 0 Å². The predicted octanol–water partition coefficient (Wildman–Crippen LogP) is 2.18. The van der Waals surface area contributed by atoms with E-state index < -0.39 is 5.54 Å². The molecule has 1 atom stereocenters. The third kappa shape index (κ3) is 3.34. The molecule has 20 heavy (non-hydrogen) atoms. The van der Waals surface area contributed by atoms with Crippen molar-refractivity contribution in [3.05, 3.63) is 0 Å². The topological polar surface area (TPSA) is 41.6 Å². The van der Waals surface area contributed by atoms with Gasteiger partial charge in [0.15, 0.2) is 0 Å². The summed E-state index contributed by atoms with van der Waals surface area (Å²) < 4.78 is 5.03. The third-order valence-corrected chi connectivity index (χ3v) is 5.29. The number of nitrogens with zero attached hydrogens (tertiary/aromatic N) is 1. The van der Waals surface area contributed by atoms with Gasteiger partial charge in [0, 0.05) is 19.1 Å². The first-order valence-corrected chi connectivity index (χ1v) is 8.05. The number of hydrogen-bond donors (Lipinski definition) is 1. The number of rotatable bonds is 7. The molecule has 0 radical (unpaired) electrons. The lowest BCUT2D eigenvalue weighted by atomic mass is 9.82. The van der Waals surface area contributed by atoms with Gasteiger partial charge in [0.2, 0.25) is 0 Å². The minimum atomic E-state index is -0.562. The molecule has 1 N–H and O–H groups in total. The van der Waals surface area contributed by atoms with Gasteiger partial charge in [-0.05, 0) is 51.0 Å². The van der Waals surface area contributed by atoms with Gasteiger partial charge in [-0.25, -0.2) is 0 Å². The molecule has 1 saturated carbocycles. The Kier molecular flexibility index (Phi) is 4.75. The smallest absolute Gasteiger partial charge is 0.327 e. The summed E-state index contributed by atoms with van der Waals surface area (Å²) in [6.07, 6.45) is 6.07. The molecule has 4 nitrogen and oxygen atoms in total. The molecule has 1 aliphatic heterocycles. The molecule has 1 saturated heterocycles. The lowest BCUT2D eigenvalue weighted by Crippen LogP contribution is -2.58. The molecule has 0 aromatic carbocycles. The Labute approximate surface area is 123 Å². The zero-order valence-electron chi connectivity index (χ0n) is 13.5. The Hall–Kier alpha value is -0.610. The average molecular weight is 282 g/mol. The lowest BCUT2D eigenvalue weighted by Gasteiger charge is -2.33. The normalized spacial score (nSPS) is 25.4. The Morgan fingerprint density at radius 3 is 2.50 bits per heavy atom. The largest absolute Gasteiger partial charge is 0.468 e. The second kappa shape index (κ2) is 6.02. The van der Waals surface area contributed by atoms with E-state index >= 15 is 0 Å². The van der Waals surface area contributed by atoms with E-state index in [-0.39, 0.29) is 5.97 Å². The fourth-order valence-corrected chi connectivity index (χ4v) is 3.51. The van der Waals surface area contributed by atoms with E-state index in [9.17, 15) is 4.79 Å². The summed E-state index contributed by atoms with van der Waals surface area (Å²) in [4.78, 5) is 14.6. The zero-order chi connectivity index (χ0) is 14.8. The van der Waals surface area contributed by atoms with Crippen LogP contribution in [0.15, 0.2) is 0 Å². The number of methoxy groups -OCH3 is 1. The quantitative estimate of drug-likeness (QED) is 0.727. The summed E-state index contributed by atoms with van der Waals surface area (Å²) in [5.74, 6) is -0.130. The van der Waals surface area contributed by atoms with E-state index in [4.69, 9.17) is 4.74 Å². The average Bonchev–Trinajstić information content (AvgIpc) is 3.16. The molecule has 0 aromatic heterocycles. The second-order valence-corrected chi connectivity index (χ2v) is 6.91. The predicted molar refractivity (Wildman–Crippen MR) is 80.7 cm³/mol. The standard InChI is InChI=1S/C16H30N2O2/c1-5-16(6-2)9-10-18(12-16)11-15(3,14(19)20-4)17-13-7-8-13/h13,17H,5-12H2,1-4H3. The minimum Gasteiger partial charge on any atom is -0.468 e. The fourth-order valence-electron chi connectivity index (χ4n) is 3.51. The highest BCUT2D eigenvalue weighted by atomic mass is 16.5. The van der Waals surface area contributed by atoms with Crippen LogP contribution in [0.2, 0.25) is 0 Å². The van der Waals surface area contributed by atoms with Crippen molar-refractivity contribution in [2.75, 3.05) is 26.7 Å². The number of esters is 1. The van der Waals surface area contributed by atoms with Gasteiger partial charge in [-0.2, -0.15) is 0 Å². The van der Waals surface area contributed by atoms with Gasteiger partial charge >= 0.3 is 5.97 Å². The van der Waals surface area contributed by atoms with Crippen LogP contribution < -0.4 is 5.32 Å². The SMILES string of the molecule is CCC1(CC)CCN(CC(C)(NC2CC2)C(=O)OC)C1. The molecule has 1 unspecified atom stereocenters. The van der Waals surface area contributed by atoms with Crippen molar-refractivity contribution >= 4 is 5.97 Å². The number of likely N-dealkylation sites (tertiary alicyclic amines) is 1. The van der Waals surface area contributed by atoms with Crippen LogP contribution in [0.4, 0.5) is 0 Å². The summed E-state index contributed by atoms with van der Waals surface area (Å²) in [6.45, 7) is 9.54. The van der Waals surface area contributed by atoms with Gasteiger partial charge in [0.25, 0.3) is 0 Å². The van der Waals surface area contributed by atoms with Crippen LogP contribution in [0.25, 0.3) is 0 Å². The number of carbonyl (C=O) groups is 1. The first-order chi connectivity index (χ1) is 9.47. The van der Waals surface area contributed by atoms with Crippen LogP contribution in [-0.2, 0) is 9.53 Å². The summed E-state index contributed by atoms with van der Waals surface area (Å²) in [5, 5.41) is 3.49. The Balaban J connectivity index is 1.99. The van der Waals surface area contributed by atoms with Crippen LogP contribution in [0.5, 0.6) is 0 Å². The highest BCUT2D eigenvalue weighted by molar-refractivity contribution is 5.80. The first-order valence-electron chi connectivity index (χ1n) is 8.05. The molecule has 0 bridgehead atoms. The number of nitrogens with one attached hydrogen (secondary N) is 1. The maximum absolute atomic E-state index is 12.2. The monoisotopic (exact) mass is 282 g/mol. The van der Waals surface area contributed by atoms with Gasteiger partial charge in [-0.1, -0.05) is 13.8 Å². The molecule has 2 fully saturated rings. The number of carbonyl (C=O) groups excluding carboxylic acids is 1. The Bertz CT molecular complexity index is 350. The Morgan fingerprint density at radius 2 is 2.05 bits per heavy atom. The van der Waals surface area contributed by atoms with Gasteiger partial charge < -0.3 is 9.64 Å². The molecule has 2 rings (SSSR count). The van der Waals surface area contributed by atoms with Crippen molar-refractivity contribution in [3.8, 4) is 0 Å². The molecule has 1 aliphatic carbocycles. The van der Waals surface area contributed by atoms with Crippen molar-refractivity contribution in [1.82, 2.24) is 10.2 Å². The maximum Gasteiger partial charge on any atom is 0.327 e. The molecule has 0 spiro atoms. The zero-order valence-corrected chi connectivity index (χ0v) is 13.5. The molecule has 4 heteroatoms. The van der Waals surface area contributed by atoms with Gasteiger partial charge in [0.1, 0.15) is 5.54 Å². The molecule has 0 aromatic rings. The highest BCUT2D eigenvalue weighted by Gasteiger charge is 2.44. The van der Waals surface area contributed by atoms with E-state index in [2.05, 4.69) is 24.1 Å². The van der Waals surface area contributed by atoms with E-state index in [1.807, 2.05) is 6.92 Å². The highest BCUT2D eigenvalue weighted by Crippen LogP contribution is 2.37. The second-order valence-electron chi connectivity index (χ2n) is 6.91. The van der Waals surface area contributed by atoms with Crippen molar-refractivity contribution in [1.29, 1.82) is 0 Å². The first kappa shape index (κ1) is 15.8. The molecule has 116 valence electrons. The van der Waals surface area contributed by atoms with Crippen molar-refractivity contribution in [2.24, 2.45) is 5.41 Å². The van der Waals surface area contributed by atoms with Crippen LogP contribution in [0, 0.1) is 5.41 Å². The van der Waals surface area contributed by atoms with Crippen LogP contribution in [-0.4, -0.2) is 49.2 Å². The van der Waals surface area contributed by atoms with Crippen molar-refractivity contribution in [3.63, 3.8) is 0 Å². The number of hydrogen-bond acceptors (Lipinski definition) is 4. The lowest BCUT2D eigenvalue weighted by molar-refractivity contribution is -0.148. The molecular weight excluding hydrogens is 252 g/mol. The maximum atomic E-state index is 12.2. The molecule has 2 aliphatic rings.